The van der Waals surface area contributed by atoms with Crippen molar-refractivity contribution in [1.82, 2.24) is 4.72 Å². The number of carbonyl (C=O) groups excluding carboxylic acids is 1. The first kappa shape index (κ1) is 20.9. The van der Waals surface area contributed by atoms with Gasteiger partial charge in [-0.15, -0.1) is 0 Å². The van der Waals surface area contributed by atoms with Crippen molar-refractivity contribution in [3.05, 3.63) is 54.1 Å². The fraction of sp³-hybridized carbons (Fsp3) is 0.350. The van der Waals surface area contributed by atoms with Crippen LogP contribution in [0.25, 0.3) is 0 Å². The highest BCUT2D eigenvalue weighted by atomic mass is 32.2. The lowest BCUT2D eigenvalue weighted by atomic mass is 9.87. The molecule has 2 aromatic carbocycles. The molecular formula is C20H26N2O4S. The van der Waals surface area contributed by atoms with Crippen molar-refractivity contribution in [2.24, 2.45) is 0 Å². The third-order valence-electron chi connectivity index (χ3n) is 4.05. The summed E-state index contributed by atoms with van der Waals surface area (Å²) in [5, 5.41) is 2.77. The van der Waals surface area contributed by atoms with Crippen LogP contribution in [0, 0.1) is 0 Å². The van der Waals surface area contributed by atoms with Crippen molar-refractivity contribution >= 4 is 21.6 Å². The molecule has 0 unspecified atom stereocenters. The average molecular weight is 391 g/mol. The van der Waals surface area contributed by atoms with Gasteiger partial charge in [0.15, 0.2) is 0 Å². The summed E-state index contributed by atoms with van der Waals surface area (Å²) in [6.45, 7) is 6.38. The SMILES string of the molecule is COc1ccc(S(=O)(=O)NCCC(=O)Nc2ccc(C(C)(C)C)cc2)cc1. The molecule has 0 heterocycles. The molecule has 7 heteroatoms. The van der Waals surface area contributed by atoms with Gasteiger partial charge in [0.2, 0.25) is 15.9 Å². The molecule has 146 valence electrons. The van der Waals surface area contributed by atoms with Gasteiger partial charge in [-0.1, -0.05) is 32.9 Å². The van der Waals surface area contributed by atoms with Crippen molar-refractivity contribution in [1.29, 1.82) is 0 Å². The summed E-state index contributed by atoms with van der Waals surface area (Å²) in [5.41, 5.74) is 1.90. The summed E-state index contributed by atoms with van der Waals surface area (Å²) in [6, 6.07) is 13.7. The predicted octanol–water partition coefficient (Wildman–Crippen LogP) is 3.30. The Bertz CT molecular complexity index is 868. The Balaban J connectivity index is 1.86. The molecule has 0 aliphatic carbocycles. The highest BCUT2D eigenvalue weighted by Crippen LogP contribution is 2.23. The van der Waals surface area contributed by atoms with Gasteiger partial charge in [-0.2, -0.15) is 0 Å². The van der Waals surface area contributed by atoms with E-state index in [0.717, 1.165) is 0 Å². The zero-order valence-electron chi connectivity index (χ0n) is 16.1. The van der Waals surface area contributed by atoms with Crippen LogP contribution < -0.4 is 14.8 Å². The largest absolute Gasteiger partial charge is 0.497 e. The predicted molar refractivity (Wildman–Crippen MR) is 107 cm³/mol. The van der Waals surface area contributed by atoms with Crippen LogP contribution in [-0.2, 0) is 20.2 Å². The maximum Gasteiger partial charge on any atom is 0.240 e. The summed E-state index contributed by atoms with van der Waals surface area (Å²) in [4.78, 5) is 12.2. The third-order valence-corrected chi connectivity index (χ3v) is 5.53. The third kappa shape index (κ3) is 6.08. The Hall–Kier alpha value is -2.38. The van der Waals surface area contributed by atoms with Gasteiger partial charge in [-0.05, 0) is 47.4 Å². The second-order valence-corrected chi connectivity index (χ2v) is 8.97. The van der Waals surface area contributed by atoms with Crippen molar-refractivity contribution in [3.63, 3.8) is 0 Å². The number of ether oxygens (including phenoxy) is 1. The number of rotatable bonds is 7. The van der Waals surface area contributed by atoms with Gasteiger partial charge in [0.25, 0.3) is 0 Å². The smallest absolute Gasteiger partial charge is 0.240 e. The second kappa shape index (κ2) is 8.54. The molecule has 0 saturated carbocycles. The topological polar surface area (TPSA) is 84.5 Å². The van der Waals surface area contributed by atoms with Crippen LogP contribution in [0.2, 0.25) is 0 Å². The maximum absolute atomic E-state index is 12.2. The number of methoxy groups -OCH3 is 1. The van der Waals surface area contributed by atoms with E-state index in [1.165, 1.54) is 24.8 Å². The van der Waals surface area contributed by atoms with Crippen LogP contribution in [-0.4, -0.2) is 28.0 Å². The summed E-state index contributed by atoms with van der Waals surface area (Å²) in [5.74, 6) is 0.321. The van der Waals surface area contributed by atoms with E-state index in [2.05, 4.69) is 30.8 Å². The highest BCUT2D eigenvalue weighted by Gasteiger charge is 2.15. The number of hydrogen-bond acceptors (Lipinski definition) is 4. The summed E-state index contributed by atoms with van der Waals surface area (Å²) in [7, 11) is -2.15. The molecule has 2 aromatic rings. The fourth-order valence-corrected chi connectivity index (χ4v) is 3.45. The minimum atomic E-state index is -3.66. The molecule has 2 rings (SSSR count). The molecule has 0 atom stereocenters. The molecule has 1 amide bonds. The number of nitrogens with one attached hydrogen (secondary N) is 2. The molecular weight excluding hydrogens is 364 g/mol. The molecule has 27 heavy (non-hydrogen) atoms. The summed E-state index contributed by atoms with van der Waals surface area (Å²) < 4.78 is 31.9. The molecule has 0 radical (unpaired) electrons. The molecule has 2 N–H and O–H groups in total. The average Bonchev–Trinajstić information content (AvgIpc) is 2.61. The van der Waals surface area contributed by atoms with Crippen LogP contribution in [0.1, 0.15) is 32.8 Å². The molecule has 0 saturated heterocycles. The Labute approximate surface area is 161 Å². The Morgan fingerprint density at radius 2 is 1.59 bits per heavy atom. The minimum Gasteiger partial charge on any atom is -0.497 e. The van der Waals surface area contributed by atoms with Gasteiger partial charge in [-0.3, -0.25) is 4.79 Å². The molecule has 0 aliphatic heterocycles. The molecule has 0 bridgehead atoms. The van der Waals surface area contributed by atoms with Crippen molar-refractivity contribution in [2.75, 3.05) is 19.0 Å². The molecule has 0 fully saturated rings. The standard InChI is InChI=1S/C20H26N2O4S/c1-20(2,3)15-5-7-16(8-6-15)22-19(23)13-14-21-27(24,25)18-11-9-17(26-4)10-12-18/h5-12,21H,13-14H2,1-4H3,(H,22,23). The number of amides is 1. The first-order chi connectivity index (χ1) is 12.6. The summed E-state index contributed by atoms with van der Waals surface area (Å²) >= 11 is 0. The zero-order valence-corrected chi connectivity index (χ0v) is 16.9. The lowest BCUT2D eigenvalue weighted by Crippen LogP contribution is -2.27. The Kier molecular flexibility index (Phi) is 6.62. The van der Waals surface area contributed by atoms with Crippen LogP contribution in [0.15, 0.2) is 53.4 Å². The van der Waals surface area contributed by atoms with E-state index < -0.39 is 10.0 Å². The number of anilines is 1. The van der Waals surface area contributed by atoms with Crippen LogP contribution >= 0.6 is 0 Å². The van der Waals surface area contributed by atoms with E-state index in [9.17, 15) is 13.2 Å². The normalized spacial score (nSPS) is 11.9. The van der Waals surface area contributed by atoms with Crippen LogP contribution in [0.3, 0.4) is 0 Å². The second-order valence-electron chi connectivity index (χ2n) is 7.20. The van der Waals surface area contributed by atoms with Gasteiger partial charge in [0, 0.05) is 18.7 Å². The minimum absolute atomic E-state index is 0.0142. The van der Waals surface area contributed by atoms with Gasteiger partial charge < -0.3 is 10.1 Å². The molecule has 0 aliphatic rings. The van der Waals surface area contributed by atoms with E-state index in [-0.39, 0.29) is 29.2 Å². The van der Waals surface area contributed by atoms with Crippen molar-refractivity contribution < 1.29 is 17.9 Å². The van der Waals surface area contributed by atoms with Crippen LogP contribution in [0.5, 0.6) is 5.75 Å². The van der Waals surface area contributed by atoms with E-state index >= 15 is 0 Å². The highest BCUT2D eigenvalue weighted by molar-refractivity contribution is 7.89. The number of hydrogen-bond donors (Lipinski definition) is 2. The summed E-state index contributed by atoms with van der Waals surface area (Å²) in [6.07, 6.45) is 0.0381. The first-order valence-electron chi connectivity index (χ1n) is 8.66. The number of sulfonamides is 1. The molecule has 0 spiro atoms. The van der Waals surface area contributed by atoms with Gasteiger partial charge >= 0.3 is 0 Å². The van der Waals surface area contributed by atoms with Gasteiger partial charge in [-0.25, -0.2) is 13.1 Å². The maximum atomic E-state index is 12.2. The van der Waals surface area contributed by atoms with E-state index in [0.29, 0.717) is 11.4 Å². The van der Waals surface area contributed by atoms with E-state index in [4.69, 9.17) is 4.74 Å². The Morgan fingerprint density at radius 3 is 2.11 bits per heavy atom. The monoisotopic (exact) mass is 390 g/mol. The lowest BCUT2D eigenvalue weighted by molar-refractivity contribution is -0.116. The van der Waals surface area contributed by atoms with E-state index in [1.807, 2.05) is 24.3 Å². The van der Waals surface area contributed by atoms with E-state index in [1.54, 1.807) is 12.1 Å². The van der Waals surface area contributed by atoms with Gasteiger partial charge in [0.05, 0.1) is 12.0 Å². The quantitative estimate of drug-likeness (QED) is 0.760. The first-order valence-corrected chi connectivity index (χ1v) is 10.1. The fourth-order valence-electron chi connectivity index (χ4n) is 2.41. The Morgan fingerprint density at radius 1 is 1.00 bits per heavy atom. The van der Waals surface area contributed by atoms with Crippen molar-refractivity contribution in [3.8, 4) is 5.75 Å². The number of carbonyl (C=O) groups is 1. The van der Waals surface area contributed by atoms with Crippen molar-refractivity contribution in [2.45, 2.75) is 37.5 Å². The molecule has 0 aromatic heterocycles. The lowest BCUT2D eigenvalue weighted by Gasteiger charge is -2.19. The molecule has 6 nitrogen and oxygen atoms in total. The number of benzene rings is 2. The van der Waals surface area contributed by atoms with Crippen LogP contribution in [0.4, 0.5) is 5.69 Å². The zero-order chi connectivity index (χ0) is 20.1. The van der Waals surface area contributed by atoms with Gasteiger partial charge in [0.1, 0.15) is 5.75 Å².